The van der Waals surface area contributed by atoms with Crippen molar-refractivity contribution in [2.45, 2.75) is 17.8 Å². The van der Waals surface area contributed by atoms with Crippen LogP contribution in [0.2, 0.25) is 0 Å². The Morgan fingerprint density at radius 2 is 2.08 bits per heavy atom. The van der Waals surface area contributed by atoms with Crippen LogP contribution in [0.4, 0.5) is 4.39 Å². The first kappa shape index (κ1) is 17.9. The number of rotatable bonds is 6. The molecule has 1 heterocycles. The molecule has 0 unspecified atom stereocenters. The van der Waals surface area contributed by atoms with Crippen LogP contribution in [-0.2, 0) is 5.75 Å². The first-order chi connectivity index (χ1) is 12.5. The first-order valence-electron chi connectivity index (χ1n) is 7.76. The second-order valence-electron chi connectivity index (χ2n) is 5.56. The van der Waals surface area contributed by atoms with Crippen molar-refractivity contribution >= 4 is 17.5 Å². The molecule has 0 saturated carbocycles. The number of carbonyl (C=O) groups excluding carboxylic acids is 1. The lowest BCUT2D eigenvalue weighted by Crippen LogP contribution is -2.11. The summed E-state index contributed by atoms with van der Waals surface area (Å²) in [5.74, 6) is 7.21. The number of carbonyl (C=O) groups is 1. The van der Waals surface area contributed by atoms with Crippen LogP contribution in [0.5, 0.6) is 5.75 Å². The number of ketones is 1. The third-order valence-electron chi connectivity index (χ3n) is 3.79. The van der Waals surface area contributed by atoms with E-state index in [0.29, 0.717) is 33.6 Å². The molecule has 6 nitrogen and oxygen atoms in total. The predicted octanol–water partition coefficient (Wildman–Crippen LogP) is 3.30. The van der Waals surface area contributed by atoms with E-state index in [1.54, 1.807) is 37.4 Å². The van der Waals surface area contributed by atoms with E-state index < -0.39 is 0 Å². The van der Waals surface area contributed by atoms with Gasteiger partial charge in [0.05, 0.1) is 7.11 Å². The van der Waals surface area contributed by atoms with Gasteiger partial charge in [-0.2, -0.15) is 0 Å². The Bertz CT molecular complexity index is 958. The number of hydrogen-bond acceptors (Lipinski definition) is 6. The maximum atomic E-state index is 13.4. The molecule has 0 bridgehead atoms. The van der Waals surface area contributed by atoms with Crippen LogP contribution in [0.1, 0.15) is 22.8 Å². The number of Topliss-reactive ketones (excluding diaryl/α,β-unsaturated/α-hetero) is 1. The Hall–Kier alpha value is -2.87. The van der Waals surface area contributed by atoms with Crippen LogP contribution in [0.25, 0.3) is 11.4 Å². The van der Waals surface area contributed by atoms with Gasteiger partial charge in [0.1, 0.15) is 11.6 Å². The van der Waals surface area contributed by atoms with E-state index >= 15 is 0 Å². The summed E-state index contributed by atoms with van der Waals surface area (Å²) in [6, 6.07) is 11.3. The number of aromatic nitrogens is 3. The molecule has 0 amide bonds. The molecule has 0 fully saturated rings. The molecule has 2 aromatic carbocycles. The second-order valence-corrected chi connectivity index (χ2v) is 6.50. The van der Waals surface area contributed by atoms with Crippen molar-refractivity contribution in [1.82, 2.24) is 14.9 Å². The molecule has 134 valence electrons. The lowest BCUT2D eigenvalue weighted by atomic mass is 10.1. The molecule has 0 aliphatic carbocycles. The van der Waals surface area contributed by atoms with Gasteiger partial charge < -0.3 is 10.6 Å². The number of methoxy groups -OCH3 is 1. The maximum Gasteiger partial charge on any atom is 0.210 e. The molecular formula is C18H17FN4O2S. The largest absolute Gasteiger partial charge is 0.496 e. The van der Waals surface area contributed by atoms with Gasteiger partial charge >= 0.3 is 0 Å². The molecule has 2 N–H and O–H groups in total. The second kappa shape index (κ2) is 7.57. The molecule has 0 spiro atoms. The minimum absolute atomic E-state index is 0.0192. The molecule has 3 rings (SSSR count). The highest BCUT2D eigenvalue weighted by atomic mass is 32.2. The molecule has 0 aliphatic rings. The summed E-state index contributed by atoms with van der Waals surface area (Å²) < 4.78 is 20.1. The van der Waals surface area contributed by atoms with Gasteiger partial charge in [-0.05, 0) is 37.3 Å². The number of nitrogens with two attached hydrogens (primary N) is 1. The van der Waals surface area contributed by atoms with Crippen molar-refractivity contribution in [2.75, 3.05) is 13.0 Å². The van der Waals surface area contributed by atoms with Gasteiger partial charge in [0.2, 0.25) is 5.16 Å². The smallest absolute Gasteiger partial charge is 0.210 e. The highest BCUT2D eigenvalue weighted by Gasteiger charge is 2.14. The van der Waals surface area contributed by atoms with Crippen LogP contribution in [-0.4, -0.2) is 27.8 Å². The van der Waals surface area contributed by atoms with E-state index in [0.717, 1.165) is 5.56 Å². The summed E-state index contributed by atoms with van der Waals surface area (Å²) in [7, 11) is 1.57. The number of nitrogens with zero attached hydrogens (tertiary/aromatic N) is 3. The summed E-state index contributed by atoms with van der Waals surface area (Å²) in [5, 5.41) is 8.59. The normalized spacial score (nSPS) is 10.7. The molecular weight excluding hydrogens is 355 g/mol. The minimum Gasteiger partial charge on any atom is -0.496 e. The quantitative estimate of drug-likeness (QED) is 0.406. The van der Waals surface area contributed by atoms with Crippen LogP contribution in [0, 0.1) is 5.82 Å². The number of ether oxygens (including phenoxy) is 1. The Morgan fingerprint density at radius 3 is 2.77 bits per heavy atom. The minimum atomic E-state index is -0.370. The average molecular weight is 372 g/mol. The van der Waals surface area contributed by atoms with Crippen LogP contribution < -0.4 is 10.6 Å². The summed E-state index contributed by atoms with van der Waals surface area (Å²) in [5.41, 5.74) is 2.00. The van der Waals surface area contributed by atoms with Gasteiger partial charge in [0.25, 0.3) is 0 Å². The summed E-state index contributed by atoms with van der Waals surface area (Å²) in [6.07, 6.45) is 0. The molecule has 3 aromatic rings. The molecule has 0 radical (unpaired) electrons. The average Bonchev–Trinajstić information content (AvgIpc) is 3.00. The van der Waals surface area contributed by atoms with Gasteiger partial charge in [0, 0.05) is 22.4 Å². The van der Waals surface area contributed by atoms with Crippen LogP contribution in [0.3, 0.4) is 0 Å². The Labute approximate surface area is 154 Å². The van der Waals surface area contributed by atoms with Crippen molar-refractivity contribution in [2.24, 2.45) is 0 Å². The third-order valence-corrected chi connectivity index (χ3v) is 4.78. The zero-order chi connectivity index (χ0) is 18.7. The van der Waals surface area contributed by atoms with Gasteiger partial charge in [-0.25, -0.2) is 9.07 Å². The van der Waals surface area contributed by atoms with Gasteiger partial charge in [-0.15, -0.1) is 10.2 Å². The predicted molar refractivity (Wildman–Crippen MR) is 98.1 cm³/mol. The molecule has 8 heteroatoms. The van der Waals surface area contributed by atoms with E-state index in [1.165, 1.54) is 35.5 Å². The molecule has 0 atom stereocenters. The first-order valence-corrected chi connectivity index (χ1v) is 8.75. The highest BCUT2D eigenvalue weighted by molar-refractivity contribution is 7.98. The van der Waals surface area contributed by atoms with Crippen molar-refractivity contribution in [1.29, 1.82) is 0 Å². The van der Waals surface area contributed by atoms with Crippen molar-refractivity contribution in [3.63, 3.8) is 0 Å². The number of thioether (sulfide) groups is 1. The third kappa shape index (κ3) is 3.70. The van der Waals surface area contributed by atoms with Crippen LogP contribution in [0.15, 0.2) is 47.6 Å². The van der Waals surface area contributed by atoms with Crippen molar-refractivity contribution in [3.05, 3.63) is 59.4 Å². The SMILES string of the molecule is COc1ccc(C(C)=O)cc1CSc1nnc(-c2cccc(F)c2)n1N. The topological polar surface area (TPSA) is 83.0 Å². The molecule has 1 aromatic heterocycles. The number of hydrogen-bond donors (Lipinski definition) is 1. The lowest BCUT2D eigenvalue weighted by molar-refractivity contribution is 0.101. The van der Waals surface area contributed by atoms with Gasteiger partial charge in [-0.3, -0.25) is 4.79 Å². The highest BCUT2D eigenvalue weighted by Crippen LogP contribution is 2.29. The Morgan fingerprint density at radius 1 is 1.27 bits per heavy atom. The molecule has 26 heavy (non-hydrogen) atoms. The van der Waals surface area contributed by atoms with Crippen molar-refractivity contribution < 1.29 is 13.9 Å². The van der Waals surface area contributed by atoms with Gasteiger partial charge in [-0.1, -0.05) is 23.9 Å². The van der Waals surface area contributed by atoms with Crippen molar-refractivity contribution in [3.8, 4) is 17.1 Å². The summed E-state index contributed by atoms with van der Waals surface area (Å²) in [4.78, 5) is 11.6. The Kier molecular flexibility index (Phi) is 5.22. The fraction of sp³-hybridized carbons (Fsp3) is 0.167. The summed E-state index contributed by atoms with van der Waals surface area (Å²) in [6.45, 7) is 1.51. The zero-order valence-corrected chi connectivity index (χ0v) is 15.1. The number of nitrogen functional groups attached to an aromatic ring is 1. The molecule has 0 saturated heterocycles. The molecule has 0 aliphatic heterocycles. The fourth-order valence-electron chi connectivity index (χ4n) is 2.45. The van der Waals surface area contributed by atoms with E-state index in [9.17, 15) is 9.18 Å². The summed E-state index contributed by atoms with van der Waals surface area (Å²) >= 11 is 1.35. The van der Waals surface area contributed by atoms with E-state index in [2.05, 4.69) is 10.2 Å². The zero-order valence-electron chi connectivity index (χ0n) is 14.3. The van der Waals surface area contributed by atoms with E-state index in [1.807, 2.05) is 0 Å². The maximum absolute atomic E-state index is 13.4. The van der Waals surface area contributed by atoms with E-state index in [-0.39, 0.29) is 11.6 Å². The fourth-order valence-corrected chi connectivity index (χ4v) is 3.29. The number of benzene rings is 2. The Balaban J connectivity index is 1.83. The van der Waals surface area contributed by atoms with Crippen LogP contribution >= 0.6 is 11.8 Å². The lowest BCUT2D eigenvalue weighted by Gasteiger charge is -2.09. The van der Waals surface area contributed by atoms with E-state index in [4.69, 9.17) is 10.6 Å². The standard InChI is InChI=1S/C18H17FN4O2S/c1-11(24)12-6-7-16(25-2)14(8-12)10-26-18-22-21-17(23(18)20)13-4-3-5-15(19)9-13/h3-9H,10,20H2,1-2H3. The number of halogens is 1. The van der Waals surface area contributed by atoms with Gasteiger partial charge in [0.15, 0.2) is 11.6 Å². The monoisotopic (exact) mass is 372 g/mol.